The monoisotopic (exact) mass is 522 g/mol. The Balaban J connectivity index is 1.35. The second-order valence-corrected chi connectivity index (χ2v) is 10.0. The van der Waals surface area contributed by atoms with Gasteiger partial charge in [0, 0.05) is 48.7 Å². The number of aromatic amines is 1. The van der Waals surface area contributed by atoms with Gasteiger partial charge in [0.25, 0.3) is 5.91 Å². The molecule has 6 rings (SSSR count). The third-order valence-electron chi connectivity index (χ3n) is 7.68. The number of carbonyl (C=O) groups excluding carboxylic acids is 3. The zero-order valence-corrected chi connectivity index (χ0v) is 21.6. The first-order valence-electron chi connectivity index (χ1n) is 13.2. The molecule has 2 aliphatic heterocycles. The number of H-pyrrole nitrogens is 1. The second kappa shape index (κ2) is 10.4. The van der Waals surface area contributed by atoms with Crippen LogP contribution in [0.25, 0.3) is 10.9 Å². The highest BCUT2D eigenvalue weighted by molar-refractivity contribution is 6.04. The van der Waals surface area contributed by atoms with Crippen LogP contribution in [-0.4, -0.2) is 60.0 Å². The SMILES string of the molecule is COCCNC(=O)[C@H](Cc1ccccc1)NC(=O)[C@@H]1Cc2c([nH]c3ccccc23)[C@@H]2c3ccccc3C(=O)N21. The summed E-state index contributed by atoms with van der Waals surface area (Å²) in [5, 5.41) is 6.89. The number of amides is 3. The molecule has 0 fully saturated rings. The fourth-order valence-electron chi connectivity index (χ4n) is 5.86. The highest BCUT2D eigenvalue weighted by Gasteiger charge is 2.49. The summed E-state index contributed by atoms with van der Waals surface area (Å²) in [7, 11) is 1.57. The molecule has 0 unspecified atom stereocenters. The third kappa shape index (κ3) is 4.46. The van der Waals surface area contributed by atoms with E-state index in [0.717, 1.165) is 33.3 Å². The Bertz CT molecular complexity index is 1550. The number of hydrogen-bond donors (Lipinski definition) is 3. The molecule has 8 nitrogen and oxygen atoms in total. The number of nitrogens with one attached hydrogen (secondary N) is 3. The minimum atomic E-state index is -0.806. The van der Waals surface area contributed by atoms with Crippen LogP contribution in [0.4, 0.5) is 0 Å². The summed E-state index contributed by atoms with van der Waals surface area (Å²) in [4.78, 5) is 46.1. The number of carbonyl (C=O) groups is 3. The van der Waals surface area contributed by atoms with Gasteiger partial charge in [-0.25, -0.2) is 0 Å². The van der Waals surface area contributed by atoms with E-state index in [4.69, 9.17) is 4.74 Å². The van der Waals surface area contributed by atoms with Crippen LogP contribution in [0.1, 0.15) is 38.8 Å². The minimum Gasteiger partial charge on any atom is -0.383 e. The van der Waals surface area contributed by atoms with Gasteiger partial charge in [0.1, 0.15) is 12.1 Å². The van der Waals surface area contributed by atoms with E-state index >= 15 is 0 Å². The molecular weight excluding hydrogens is 492 g/mol. The van der Waals surface area contributed by atoms with Gasteiger partial charge in [-0.2, -0.15) is 0 Å². The summed E-state index contributed by atoms with van der Waals surface area (Å²) >= 11 is 0. The van der Waals surface area contributed by atoms with E-state index in [1.54, 1.807) is 12.0 Å². The average molecular weight is 523 g/mol. The zero-order chi connectivity index (χ0) is 26.9. The van der Waals surface area contributed by atoms with Gasteiger partial charge in [0.2, 0.25) is 11.8 Å². The molecule has 3 heterocycles. The first-order chi connectivity index (χ1) is 19.1. The van der Waals surface area contributed by atoms with E-state index in [-0.39, 0.29) is 17.7 Å². The number of hydrogen-bond acceptors (Lipinski definition) is 4. The number of para-hydroxylation sites is 1. The van der Waals surface area contributed by atoms with Crippen molar-refractivity contribution in [3.63, 3.8) is 0 Å². The number of rotatable bonds is 8. The van der Waals surface area contributed by atoms with Crippen molar-refractivity contribution in [1.29, 1.82) is 0 Å². The largest absolute Gasteiger partial charge is 0.383 e. The number of aromatic nitrogens is 1. The lowest BCUT2D eigenvalue weighted by molar-refractivity contribution is -0.132. The lowest BCUT2D eigenvalue weighted by atomic mass is 9.89. The molecule has 0 spiro atoms. The molecule has 39 heavy (non-hydrogen) atoms. The molecular formula is C31H30N4O4. The van der Waals surface area contributed by atoms with Crippen LogP contribution < -0.4 is 10.6 Å². The molecule has 3 aromatic carbocycles. The summed E-state index contributed by atoms with van der Waals surface area (Å²) in [5.41, 5.74) is 5.35. The van der Waals surface area contributed by atoms with Crippen molar-refractivity contribution in [2.45, 2.75) is 31.0 Å². The van der Waals surface area contributed by atoms with Crippen molar-refractivity contribution in [2.24, 2.45) is 0 Å². The van der Waals surface area contributed by atoms with Crippen LogP contribution in [0.2, 0.25) is 0 Å². The normalized spacial score (nSPS) is 18.3. The maximum absolute atomic E-state index is 14.0. The standard InChI is InChI=1S/C31H30N4O4/c1-39-16-15-32-29(36)25(17-19-9-3-2-4-10-19)34-30(37)26-18-23-20-11-7-8-14-24(20)33-27(23)28-21-12-5-6-13-22(21)31(38)35(26)28/h2-14,25-26,28,33H,15-18H2,1H3,(H,32,36)(H,34,37)/t25-,26-,28-/m0/s1. The van der Waals surface area contributed by atoms with Crippen molar-refractivity contribution in [3.05, 3.63) is 107 Å². The fourth-order valence-corrected chi connectivity index (χ4v) is 5.86. The van der Waals surface area contributed by atoms with E-state index in [1.807, 2.05) is 78.9 Å². The van der Waals surface area contributed by atoms with E-state index in [1.165, 1.54) is 0 Å². The Morgan fingerprint density at radius 3 is 2.59 bits per heavy atom. The number of fused-ring (bicyclic) bond motifs is 7. The van der Waals surface area contributed by atoms with Crippen LogP contribution in [0, 0.1) is 0 Å². The van der Waals surface area contributed by atoms with Gasteiger partial charge in [-0.15, -0.1) is 0 Å². The molecule has 0 saturated carbocycles. The second-order valence-electron chi connectivity index (χ2n) is 10.0. The predicted octanol–water partition coefficient (Wildman–Crippen LogP) is 3.13. The molecule has 0 aliphatic carbocycles. The lowest BCUT2D eigenvalue weighted by Crippen LogP contribution is -2.57. The molecule has 198 valence electrons. The van der Waals surface area contributed by atoms with Crippen molar-refractivity contribution < 1.29 is 19.1 Å². The molecule has 0 radical (unpaired) electrons. The molecule has 0 bridgehead atoms. The van der Waals surface area contributed by atoms with Crippen LogP contribution in [0.5, 0.6) is 0 Å². The molecule has 2 aliphatic rings. The smallest absolute Gasteiger partial charge is 0.255 e. The van der Waals surface area contributed by atoms with Crippen LogP contribution in [0.3, 0.4) is 0 Å². The summed E-state index contributed by atoms with van der Waals surface area (Å²) in [6.45, 7) is 0.701. The van der Waals surface area contributed by atoms with Crippen molar-refractivity contribution in [3.8, 4) is 0 Å². The average Bonchev–Trinajstić information content (AvgIpc) is 3.48. The van der Waals surface area contributed by atoms with E-state index in [9.17, 15) is 14.4 Å². The Morgan fingerprint density at radius 1 is 1.03 bits per heavy atom. The Morgan fingerprint density at radius 2 is 1.77 bits per heavy atom. The molecule has 1 aromatic heterocycles. The maximum Gasteiger partial charge on any atom is 0.255 e. The number of ether oxygens (including phenoxy) is 1. The van der Waals surface area contributed by atoms with Gasteiger partial charge < -0.3 is 25.3 Å². The van der Waals surface area contributed by atoms with E-state index in [0.29, 0.717) is 31.6 Å². The van der Waals surface area contributed by atoms with E-state index in [2.05, 4.69) is 15.6 Å². The summed E-state index contributed by atoms with van der Waals surface area (Å²) in [6.07, 6.45) is 0.679. The minimum absolute atomic E-state index is 0.177. The molecule has 3 amide bonds. The Labute approximate surface area is 226 Å². The van der Waals surface area contributed by atoms with Gasteiger partial charge in [-0.3, -0.25) is 14.4 Å². The number of nitrogens with zero attached hydrogens (tertiary/aromatic N) is 1. The van der Waals surface area contributed by atoms with Crippen LogP contribution >= 0.6 is 0 Å². The van der Waals surface area contributed by atoms with E-state index < -0.39 is 18.1 Å². The van der Waals surface area contributed by atoms with Crippen molar-refractivity contribution in [2.75, 3.05) is 20.3 Å². The highest BCUT2D eigenvalue weighted by atomic mass is 16.5. The van der Waals surface area contributed by atoms with Crippen LogP contribution in [-0.2, 0) is 27.2 Å². The Hall–Kier alpha value is -4.43. The molecule has 0 saturated heterocycles. The third-order valence-corrected chi connectivity index (χ3v) is 7.68. The number of benzene rings is 3. The first kappa shape index (κ1) is 24.9. The predicted molar refractivity (Wildman–Crippen MR) is 147 cm³/mol. The molecule has 8 heteroatoms. The molecule has 3 atom stereocenters. The Kier molecular flexibility index (Phi) is 6.62. The van der Waals surface area contributed by atoms with Gasteiger partial charge in [-0.1, -0.05) is 66.7 Å². The quantitative estimate of drug-likeness (QED) is 0.310. The first-order valence-corrected chi connectivity index (χ1v) is 13.2. The van der Waals surface area contributed by atoms with Crippen LogP contribution in [0.15, 0.2) is 78.9 Å². The molecule has 4 aromatic rings. The van der Waals surface area contributed by atoms with Gasteiger partial charge in [-0.05, 0) is 28.8 Å². The topological polar surface area (TPSA) is 104 Å². The summed E-state index contributed by atoms with van der Waals surface area (Å²) in [6, 6.07) is 23.1. The molecule has 3 N–H and O–H groups in total. The fraction of sp³-hybridized carbons (Fsp3) is 0.258. The highest BCUT2D eigenvalue weighted by Crippen LogP contribution is 2.46. The summed E-state index contributed by atoms with van der Waals surface area (Å²) in [5.74, 6) is -0.815. The zero-order valence-electron chi connectivity index (χ0n) is 21.6. The van der Waals surface area contributed by atoms with Gasteiger partial charge >= 0.3 is 0 Å². The summed E-state index contributed by atoms with van der Waals surface area (Å²) < 4.78 is 5.07. The van der Waals surface area contributed by atoms with Crippen molar-refractivity contribution in [1.82, 2.24) is 20.5 Å². The number of methoxy groups -OCH3 is 1. The lowest BCUT2D eigenvalue weighted by Gasteiger charge is -2.37. The van der Waals surface area contributed by atoms with Crippen molar-refractivity contribution >= 4 is 28.6 Å². The maximum atomic E-state index is 14.0. The van der Waals surface area contributed by atoms with Gasteiger partial charge in [0.05, 0.1) is 12.6 Å². The van der Waals surface area contributed by atoms with Gasteiger partial charge in [0.15, 0.2) is 0 Å².